The first-order valence-corrected chi connectivity index (χ1v) is 14.5. The van der Waals surface area contributed by atoms with E-state index in [0.717, 1.165) is 53.8 Å². The van der Waals surface area contributed by atoms with E-state index >= 15 is 0 Å². The second-order valence-corrected chi connectivity index (χ2v) is 11.8. The van der Waals surface area contributed by atoms with Crippen molar-refractivity contribution in [3.63, 3.8) is 0 Å². The Kier molecular flexibility index (Phi) is 7.73. The van der Waals surface area contributed by atoms with Gasteiger partial charge in [-0.3, -0.25) is 9.78 Å². The fourth-order valence-corrected chi connectivity index (χ4v) is 7.00. The molecule has 4 aromatic rings. The minimum Gasteiger partial charge on any atom is -0.465 e. The van der Waals surface area contributed by atoms with Crippen LogP contribution < -0.4 is 10.6 Å². The van der Waals surface area contributed by atoms with Crippen molar-refractivity contribution < 1.29 is 14.7 Å². The number of carbonyl (C=O) groups is 2. The van der Waals surface area contributed by atoms with Gasteiger partial charge in [-0.05, 0) is 67.6 Å². The molecule has 8 nitrogen and oxygen atoms in total. The van der Waals surface area contributed by atoms with Crippen LogP contribution in [0, 0.1) is 0 Å². The van der Waals surface area contributed by atoms with Crippen LogP contribution in [0.15, 0.2) is 42.7 Å². The summed E-state index contributed by atoms with van der Waals surface area (Å²) < 4.78 is 1.06. The second-order valence-electron chi connectivity index (χ2n) is 9.67. The maximum atomic E-state index is 12.9. The standard InChI is InChI=1S/C28H31N5O3S2/c1-4-16(2)30-12-9-24(34)32-27-25(20-13-17(3)33(28(35)36)15-23(20)38-27)26-31-21-14-19(5-6-22(21)37-26)18-7-10-29-11-8-18/h5-8,10-11,14,16-17,30H,4,9,12-13,15H2,1-3H3,(H,32,34)(H,35,36)/t16-,17+/m0/s1. The van der Waals surface area contributed by atoms with Crippen LogP contribution >= 0.6 is 22.7 Å². The minimum atomic E-state index is -0.927. The fraction of sp³-hybridized carbons (Fsp3) is 0.357. The first kappa shape index (κ1) is 26.3. The molecule has 198 valence electrons. The van der Waals surface area contributed by atoms with Crippen LogP contribution in [0.3, 0.4) is 0 Å². The number of nitrogens with one attached hydrogen (secondary N) is 2. The SMILES string of the molecule is CC[C@H](C)NCCC(=O)Nc1sc2c(c1-c1nc3cc(-c4ccncc4)ccc3s1)C[C@@H](C)N(C(=O)O)C2. The monoisotopic (exact) mass is 549 g/mol. The summed E-state index contributed by atoms with van der Waals surface area (Å²) in [7, 11) is 0. The van der Waals surface area contributed by atoms with Gasteiger partial charge in [0.2, 0.25) is 5.91 Å². The number of hydrogen-bond donors (Lipinski definition) is 3. The lowest BCUT2D eigenvalue weighted by Crippen LogP contribution is -2.41. The van der Waals surface area contributed by atoms with Gasteiger partial charge in [0.15, 0.2) is 0 Å². The predicted octanol–water partition coefficient (Wildman–Crippen LogP) is 6.23. The van der Waals surface area contributed by atoms with Crippen LogP contribution in [0.5, 0.6) is 0 Å². The maximum absolute atomic E-state index is 12.9. The molecule has 0 fully saturated rings. The highest BCUT2D eigenvalue weighted by Crippen LogP contribution is 2.46. The van der Waals surface area contributed by atoms with E-state index < -0.39 is 6.09 Å². The predicted molar refractivity (Wildman–Crippen MR) is 154 cm³/mol. The van der Waals surface area contributed by atoms with Gasteiger partial charge in [0.1, 0.15) is 10.0 Å². The molecule has 2 amide bonds. The lowest BCUT2D eigenvalue weighted by Gasteiger charge is -2.31. The van der Waals surface area contributed by atoms with Gasteiger partial charge < -0.3 is 20.6 Å². The number of carbonyl (C=O) groups excluding carboxylic acids is 1. The summed E-state index contributed by atoms with van der Waals surface area (Å²) >= 11 is 3.06. The summed E-state index contributed by atoms with van der Waals surface area (Å²) in [5, 5.41) is 17.8. The molecule has 0 radical (unpaired) electrons. The molecule has 0 spiro atoms. The summed E-state index contributed by atoms with van der Waals surface area (Å²) in [5.74, 6) is -0.0649. The van der Waals surface area contributed by atoms with Crippen molar-refractivity contribution in [3.05, 3.63) is 53.2 Å². The van der Waals surface area contributed by atoms with Gasteiger partial charge in [-0.1, -0.05) is 13.0 Å². The molecular formula is C28H31N5O3S2. The van der Waals surface area contributed by atoms with E-state index in [1.54, 1.807) is 23.7 Å². The molecule has 38 heavy (non-hydrogen) atoms. The number of pyridine rings is 1. The van der Waals surface area contributed by atoms with Gasteiger partial charge in [0.05, 0.1) is 16.8 Å². The van der Waals surface area contributed by atoms with Crippen molar-refractivity contribution in [2.75, 3.05) is 11.9 Å². The number of amides is 2. The fourth-order valence-electron chi connectivity index (χ4n) is 4.67. The zero-order chi connectivity index (χ0) is 26.8. The summed E-state index contributed by atoms with van der Waals surface area (Å²) in [5.41, 5.74) is 5.05. The van der Waals surface area contributed by atoms with Crippen molar-refractivity contribution in [3.8, 4) is 21.7 Å². The van der Waals surface area contributed by atoms with Crippen molar-refractivity contribution in [1.29, 1.82) is 0 Å². The van der Waals surface area contributed by atoms with Gasteiger partial charge in [0.25, 0.3) is 0 Å². The van der Waals surface area contributed by atoms with Crippen LogP contribution in [0.2, 0.25) is 0 Å². The molecule has 0 unspecified atom stereocenters. The number of carboxylic acid groups (broad SMARTS) is 1. The third-order valence-electron chi connectivity index (χ3n) is 7.01. The molecule has 1 aliphatic heterocycles. The van der Waals surface area contributed by atoms with Gasteiger partial charge in [0, 0.05) is 47.9 Å². The molecule has 0 aliphatic carbocycles. The number of thiazole rings is 1. The molecule has 1 aromatic carbocycles. The molecule has 0 saturated heterocycles. The average molecular weight is 550 g/mol. The highest BCUT2D eigenvalue weighted by molar-refractivity contribution is 7.23. The highest BCUT2D eigenvalue weighted by atomic mass is 32.1. The lowest BCUT2D eigenvalue weighted by atomic mass is 9.97. The van der Waals surface area contributed by atoms with Gasteiger partial charge in [-0.2, -0.15) is 0 Å². The topological polar surface area (TPSA) is 107 Å². The Morgan fingerprint density at radius 1 is 1.18 bits per heavy atom. The molecule has 4 heterocycles. The summed E-state index contributed by atoms with van der Waals surface area (Å²) in [4.78, 5) is 36.3. The van der Waals surface area contributed by atoms with Crippen LogP contribution in [0.4, 0.5) is 9.80 Å². The number of anilines is 1. The number of thiophene rings is 1. The molecule has 3 aromatic heterocycles. The first-order chi connectivity index (χ1) is 18.3. The Labute approximate surface area is 229 Å². The van der Waals surface area contributed by atoms with E-state index in [2.05, 4.69) is 47.7 Å². The van der Waals surface area contributed by atoms with E-state index in [9.17, 15) is 14.7 Å². The van der Waals surface area contributed by atoms with Crippen molar-refractivity contribution in [2.45, 2.75) is 58.7 Å². The van der Waals surface area contributed by atoms with E-state index in [4.69, 9.17) is 4.98 Å². The van der Waals surface area contributed by atoms with Gasteiger partial charge >= 0.3 is 6.09 Å². The van der Waals surface area contributed by atoms with E-state index in [-0.39, 0.29) is 11.9 Å². The van der Waals surface area contributed by atoms with Crippen LogP contribution in [-0.4, -0.2) is 50.6 Å². The Balaban J connectivity index is 1.50. The smallest absolute Gasteiger partial charge is 0.407 e. The Hall–Kier alpha value is -3.34. The normalized spacial score (nSPS) is 15.9. The zero-order valence-electron chi connectivity index (χ0n) is 21.7. The number of aromatic nitrogens is 2. The molecule has 1 aliphatic rings. The zero-order valence-corrected chi connectivity index (χ0v) is 23.3. The van der Waals surface area contributed by atoms with E-state index in [1.165, 1.54) is 16.2 Å². The third kappa shape index (κ3) is 5.43. The Morgan fingerprint density at radius 2 is 1.97 bits per heavy atom. The largest absolute Gasteiger partial charge is 0.465 e. The molecule has 0 bridgehead atoms. The number of fused-ring (bicyclic) bond motifs is 2. The van der Waals surface area contributed by atoms with Crippen molar-refractivity contribution >= 4 is 49.9 Å². The summed E-state index contributed by atoms with van der Waals surface area (Å²) in [6, 6.07) is 10.4. The van der Waals surface area contributed by atoms with Crippen LogP contribution in [-0.2, 0) is 17.8 Å². The van der Waals surface area contributed by atoms with Crippen molar-refractivity contribution in [2.24, 2.45) is 0 Å². The van der Waals surface area contributed by atoms with Crippen LogP contribution in [0.1, 0.15) is 44.1 Å². The van der Waals surface area contributed by atoms with Crippen molar-refractivity contribution in [1.82, 2.24) is 20.2 Å². The number of nitrogens with zero attached hydrogens (tertiary/aromatic N) is 3. The van der Waals surface area contributed by atoms with E-state index in [1.807, 2.05) is 19.1 Å². The molecule has 2 atom stereocenters. The molecule has 3 N–H and O–H groups in total. The average Bonchev–Trinajstić information content (AvgIpc) is 3.47. The Bertz CT molecular complexity index is 1470. The first-order valence-electron chi connectivity index (χ1n) is 12.8. The van der Waals surface area contributed by atoms with E-state index in [0.29, 0.717) is 32.0 Å². The number of benzene rings is 1. The van der Waals surface area contributed by atoms with Crippen LogP contribution in [0.25, 0.3) is 31.9 Å². The lowest BCUT2D eigenvalue weighted by molar-refractivity contribution is -0.116. The molecule has 5 rings (SSSR count). The summed E-state index contributed by atoms with van der Waals surface area (Å²) in [6.07, 6.45) is 4.57. The molecular weight excluding hydrogens is 518 g/mol. The van der Waals surface area contributed by atoms with Gasteiger partial charge in [-0.15, -0.1) is 22.7 Å². The maximum Gasteiger partial charge on any atom is 0.407 e. The molecule has 10 heteroatoms. The Morgan fingerprint density at radius 3 is 2.71 bits per heavy atom. The quantitative estimate of drug-likeness (QED) is 0.241. The number of hydrogen-bond acceptors (Lipinski definition) is 7. The highest BCUT2D eigenvalue weighted by Gasteiger charge is 2.33. The summed E-state index contributed by atoms with van der Waals surface area (Å²) in [6.45, 7) is 7.05. The van der Waals surface area contributed by atoms with Gasteiger partial charge in [-0.25, -0.2) is 9.78 Å². The third-order valence-corrected chi connectivity index (χ3v) is 9.19. The minimum absolute atomic E-state index is 0.0649. The molecule has 0 saturated carbocycles. The number of rotatable bonds is 8. The second kappa shape index (κ2) is 11.2.